The van der Waals surface area contributed by atoms with Crippen LogP contribution in [0.1, 0.15) is 25.7 Å². The molecule has 12 heavy (non-hydrogen) atoms. The van der Waals surface area contributed by atoms with Gasteiger partial charge in [0, 0.05) is 25.2 Å². The topological polar surface area (TPSA) is 6.48 Å². The van der Waals surface area contributed by atoms with Crippen LogP contribution in [0.3, 0.4) is 0 Å². The van der Waals surface area contributed by atoms with Crippen LogP contribution in [0.5, 0.6) is 0 Å². The van der Waals surface area contributed by atoms with Crippen molar-refractivity contribution in [1.29, 1.82) is 0 Å². The van der Waals surface area contributed by atoms with E-state index in [9.17, 15) is 0 Å². The van der Waals surface area contributed by atoms with Gasteiger partial charge >= 0.3 is 0 Å². The van der Waals surface area contributed by atoms with Gasteiger partial charge in [0.1, 0.15) is 0 Å². The highest BCUT2D eigenvalue weighted by molar-refractivity contribution is 4.94. The summed E-state index contributed by atoms with van der Waals surface area (Å²) in [4.78, 5) is 5.46. The molecule has 3 aliphatic rings. The minimum Gasteiger partial charge on any atom is -0.298 e. The zero-order valence-electron chi connectivity index (χ0n) is 7.71. The molecule has 0 aromatic heterocycles. The van der Waals surface area contributed by atoms with Crippen molar-refractivity contribution in [2.24, 2.45) is 0 Å². The van der Waals surface area contributed by atoms with Crippen molar-refractivity contribution in [3.8, 4) is 0 Å². The van der Waals surface area contributed by atoms with Crippen molar-refractivity contribution in [1.82, 2.24) is 9.80 Å². The van der Waals surface area contributed by atoms with Gasteiger partial charge in [-0.3, -0.25) is 9.80 Å². The minimum absolute atomic E-state index is 0.930. The normalized spacial score (nSPS) is 43.0. The van der Waals surface area contributed by atoms with Gasteiger partial charge in [0.15, 0.2) is 0 Å². The number of piperazine rings is 1. The predicted molar refractivity (Wildman–Crippen MR) is 49.2 cm³/mol. The van der Waals surface area contributed by atoms with Gasteiger partial charge in [-0.05, 0) is 38.8 Å². The van der Waals surface area contributed by atoms with Crippen LogP contribution in [-0.2, 0) is 0 Å². The van der Waals surface area contributed by atoms with E-state index in [0.29, 0.717) is 0 Å². The van der Waals surface area contributed by atoms with Crippen molar-refractivity contribution in [3.63, 3.8) is 0 Å². The molecule has 0 radical (unpaired) electrons. The summed E-state index contributed by atoms with van der Waals surface area (Å²) < 4.78 is 0. The largest absolute Gasteiger partial charge is 0.298 e. The van der Waals surface area contributed by atoms with Crippen LogP contribution < -0.4 is 0 Å². The summed E-state index contributed by atoms with van der Waals surface area (Å²) in [6.07, 6.45) is 5.82. The highest BCUT2D eigenvalue weighted by atomic mass is 15.3. The van der Waals surface area contributed by atoms with Gasteiger partial charge in [-0.1, -0.05) is 0 Å². The lowest BCUT2D eigenvalue weighted by Crippen LogP contribution is -2.53. The molecule has 2 nitrogen and oxygen atoms in total. The van der Waals surface area contributed by atoms with Crippen LogP contribution in [0, 0.1) is 0 Å². The van der Waals surface area contributed by atoms with E-state index < -0.39 is 0 Å². The fourth-order valence-electron chi connectivity index (χ4n) is 3.23. The molecule has 3 aliphatic heterocycles. The second-order valence-corrected chi connectivity index (χ2v) is 4.58. The van der Waals surface area contributed by atoms with Gasteiger partial charge in [-0.15, -0.1) is 0 Å². The molecule has 3 saturated heterocycles. The first-order chi connectivity index (χ1) is 5.93. The molecule has 0 N–H and O–H groups in total. The Labute approximate surface area is 74.5 Å². The van der Waals surface area contributed by atoms with Crippen LogP contribution in [0.25, 0.3) is 0 Å². The molecule has 68 valence electrons. The molecule has 2 heteroatoms. The maximum atomic E-state index is 2.73. The van der Waals surface area contributed by atoms with Crippen LogP contribution in [-0.4, -0.2) is 48.1 Å². The first-order valence-corrected chi connectivity index (χ1v) is 5.41. The van der Waals surface area contributed by atoms with Crippen LogP contribution in [0.2, 0.25) is 0 Å². The van der Waals surface area contributed by atoms with E-state index in [4.69, 9.17) is 0 Å². The fraction of sp³-hybridized carbons (Fsp3) is 1.00. The van der Waals surface area contributed by atoms with E-state index in [2.05, 4.69) is 9.80 Å². The molecule has 3 heterocycles. The maximum absolute atomic E-state index is 2.73. The molecule has 2 atom stereocenters. The summed E-state index contributed by atoms with van der Waals surface area (Å²) in [5, 5.41) is 0. The quantitative estimate of drug-likeness (QED) is 0.528. The van der Waals surface area contributed by atoms with Crippen molar-refractivity contribution >= 4 is 0 Å². The number of hydrogen-bond acceptors (Lipinski definition) is 2. The SMILES string of the molecule is C1CC2CN3CCC[C@H]3CN2C1. The van der Waals surface area contributed by atoms with Crippen molar-refractivity contribution in [3.05, 3.63) is 0 Å². The zero-order chi connectivity index (χ0) is 7.97. The summed E-state index contributed by atoms with van der Waals surface area (Å²) in [6.45, 7) is 5.53. The average Bonchev–Trinajstić information content (AvgIpc) is 2.64. The lowest BCUT2D eigenvalue weighted by molar-refractivity contribution is 0.0788. The molecule has 3 fully saturated rings. The Balaban J connectivity index is 1.75. The summed E-state index contributed by atoms with van der Waals surface area (Å²) >= 11 is 0. The van der Waals surface area contributed by atoms with Crippen molar-refractivity contribution in [2.45, 2.75) is 37.8 Å². The van der Waals surface area contributed by atoms with E-state index in [-0.39, 0.29) is 0 Å². The van der Waals surface area contributed by atoms with Crippen LogP contribution in [0.15, 0.2) is 0 Å². The summed E-state index contributed by atoms with van der Waals surface area (Å²) in [6, 6.07) is 1.86. The fourth-order valence-corrected chi connectivity index (χ4v) is 3.23. The zero-order valence-corrected chi connectivity index (χ0v) is 7.71. The molecular formula is C10H18N2. The monoisotopic (exact) mass is 166 g/mol. The Bertz CT molecular complexity index is 145. The lowest BCUT2D eigenvalue weighted by Gasteiger charge is -2.40. The Kier molecular flexibility index (Phi) is 1.66. The van der Waals surface area contributed by atoms with Gasteiger partial charge < -0.3 is 0 Å². The van der Waals surface area contributed by atoms with E-state index >= 15 is 0 Å². The molecule has 0 saturated carbocycles. The van der Waals surface area contributed by atoms with Crippen molar-refractivity contribution in [2.75, 3.05) is 26.2 Å². The third-order valence-electron chi connectivity index (χ3n) is 3.89. The van der Waals surface area contributed by atoms with Gasteiger partial charge in [0.25, 0.3) is 0 Å². The highest BCUT2D eigenvalue weighted by Crippen LogP contribution is 2.29. The maximum Gasteiger partial charge on any atom is 0.0224 e. The number of nitrogens with zero attached hydrogens (tertiary/aromatic N) is 2. The Morgan fingerprint density at radius 1 is 0.750 bits per heavy atom. The van der Waals surface area contributed by atoms with Crippen LogP contribution in [0.4, 0.5) is 0 Å². The Hall–Kier alpha value is -0.0800. The number of fused-ring (bicyclic) bond motifs is 2. The number of hydrogen-bond donors (Lipinski definition) is 0. The minimum atomic E-state index is 0.930. The third kappa shape index (κ3) is 1.01. The number of rotatable bonds is 0. The lowest BCUT2D eigenvalue weighted by atomic mass is 10.1. The van der Waals surface area contributed by atoms with Gasteiger partial charge in [0.05, 0.1) is 0 Å². The second-order valence-electron chi connectivity index (χ2n) is 4.58. The Morgan fingerprint density at radius 3 is 1.75 bits per heavy atom. The molecule has 1 unspecified atom stereocenters. The summed E-state index contributed by atoms with van der Waals surface area (Å²) in [5.74, 6) is 0. The molecule has 0 spiro atoms. The summed E-state index contributed by atoms with van der Waals surface area (Å²) in [5.41, 5.74) is 0. The predicted octanol–water partition coefficient (Wildman–Crippen LogP) is 0.929. The van der Waals surface area contributed by atoms with Gasteiger partial charge in [-0.2, -0.15) is 0 Å². The van der Waals surface area contributed by atoms with E-state index in [0.717, 1.165) is 12.1 Å². The first kappa shape index (κ1) is 7.34. The molecule has 0 bridgehead atoms. The van der Waals surface area contributed by atoms with Gasteiger partial charge in [-0.25, -0.2) is 0 Å². The smallest absolute Gasteiger partial charge is 0.0224 e. The third-order valence-corrected chi connectivity index (χ3v) is 3.89. The summed E-state index contributed by atoms with van der Waals surface area (Å²) in [7, 11) is 0. The standard InChI is InChI=1S/C10H18N2/c1-3-9-7-12-6-2-4-10(12)8-11(9)5-1/h9-10H,1-8H2/t9-,10?/m0/s1. The first-order valence-electron chi connectivity index (χ1n) is 5.41. The van der Waals surface area contributed by atoms with E-state index in [1.54, 1.807) is 0 Å². The highest BCUT2D eigenvalue weighted by Gasteiger charge is 2.37. The average molecular weight is 166 g/mol. The molecule has 0 aromatic carbocycles. The van der Waals surface area contributed by atoms with Crippen LogP contribution >= 0.6 is 0 Å². The van der Waals surface area contributed by atoms with E-state index in [1.165, 1.54) is 51.9 Å². The molecule has 3 rings (SSSR count). The van der Waals surface area contributed by atoms with Crippen molar-refractivity contribution < 1.29 is 0 Å². The molecule has 0 aromatic rings. The molecule has 0 amide bonds. The Morgan fingerprint density at radius 2 is 1.25 bits per heavy atom. The second kappa shape index (κ2) is 2.71. The molecule has 0 aliphatic carbocycles. The van der Waals surface area contributed by atoms with Gasteiger partial charge in [0.2, 0.25) is 0 Å². The van der Waals surface area contributed by atoms with E-state index in [1.807, 2.05) is 0 Å². The molecular weight excluding hydrogens is 148 g/mol.